The standard InChI is InChI=1S/C15H10Cl2O3/c1-8-12(16)6-9(7-13(8)17)14(18)10-4-2-3-5-11(10)15(19)20/h2-7H,1H3,(H,19,20). The molecule has 20 heavy (non-hydrogen) atoms. The highest BCUT2D eigenvalue weighted by Gasteiger charge is 2.18. The van der Waals surface area contributed by atoms with Crippen molar-refractivity contribution in [1.82, 2.24) is 0 Å². The molecule has 2 rings (SSSR count). The van der Waals surface area contributed by atoms with Gasteiger partial charge in [0.15, 0.2) is 5.78 Å². The summed E-state index contributed by atoms with van der Waals surface area (Å²) >= 11 is 12.0. The Morgan fingerprint density at radius 1 is 1.00 bits per heavy atom. The van der Waals surface area contributed by atoms with E-state index in [0.717, 1.165) is 0 Å². The Bertz CT molecular complexity index is 685. The maximum atomic E-state index is 12.4. The monoisotopic (exact) mass is 308 g/mol. The quantitative estimate of drug-likeness (QED) is 0.863. The Kier molecular flexibility index (Phi) is 4.12. The molecule has 0 radical (unpaired) electrons. The SMILES string of the molecule is Cc1c(Cl)cc(C(=O)c2ccccc2C(=O)O)cc1Cl. The first-order chi connectivity index (χ1) is 9.41. The number of carboxylic acids is 1. The topological polar surface area (TPSA) is 54.4 Å². The summed E-state index contributed by atoms with van der Waals surface area (Å²) in [5, 5.41) is 9.85. The van der Waals surface area contributed by atoms with Gasteiger partial charge in [-0.25, -0.2) is 4.79 Å². The lowest BCUT2D eigenvalue weighted by Crippen LogP contribution is -2.09. The average Bonchev–Trinajstić information content (AvgIpc) is 2.43. The Hall–Kier alpha value is -1.84. The number of ketones is 1. The molecule has 0 amide bonds. The predicted molar refractivity (Wildman–Crippen MR) is 78.0 cm³/mol. The normalized spacial score (nSPS) is 10.3. The van der Waals surface area contributed by atoms with Crippen LogP contribution >= 0.6 is 23.2 Å². The minimum absolute atomic E-state index is 0.0506. The summed E-state index contributed by atoms with van der Waals surface area (Å²) in [5.74, 6) is -1.58. The van der Waals surface area contributed by atoms with Crippen molar-refractivity contribution >= 4 is 35.0 Å². The van der Waals surface area contributed by atoms with E-state index in [4.69, 9.17) is 28.3 Å². The number of hydrogen-bond donors (Lipinski definition) is 1. The first-order valence-electron chi connectivity index (χ1n) is 5.74. The van der Waals surface area contributed by atoms with E-state index in [1.54, 1.807) is 19.1 Å². The van der Waals surface area contributed by atoms with Crippen molar-refractivity contribution in [3.63, 3.8) is 0 Å². The summed E-state index contributed by atoms with van der Waals surface area (Å²) in [6, 6.07) is 9.00. The molecule has 1 N–H and O–H groups in total. The summed E-state index contributed by atoms with van der Waals surface area (Å²) in [6.07, 6.45) is 0. The van der Waals surface area contributed by atoms with E-state index >= 15 is 0 Å². The number of aromatic carboxylic acids is 1. The second-order valence-corrected chi connectivity index (χ2v) is 5.06. The fourth-order valence-corrected chi connectivity index (χ4v) is 2.29. The van der Waals surface area contributed by atoms with E-state index in [1.165, 1.54) is 24.3 Å². The molecule has 102 valence electrons. The Labute approximate surface area is 125 Å². The molecule has 0 saturated carbocycles. The molecular weight excluding hydrogens is 299 g/mol. The fourth-order valence-electron chi connectivity index (χ4n) is 1.80. The maximum absolute atomic E-state index is 12.4. The first-order valence-corrected chi connectivity index (χ1v) is 6.50. The van der Waals surface area contributed by atoms with Gasteiger partial charge in [0.1, 0.15) is 0 Å². The van der Waals surface area contributed by atoms with E-state index in [0.29, 0.717) is 15.6 Å². The minimum Gasteiger partial charge on any atom is -0.478 e. The summed E-state index contributed by atoms with van der Waals surface area (Å²) in [7, 11) is 0. The maximum Gasteiger partial charge on any atom is 0.336 e. The van der Waals surface area contributed by atoms with Crippen LogP contribution in [0.5, 0.6) is 0 Å². The molecule has 5 heteroatoms. The molecule has 2 aromatic carbocycles. The number of rotatable bonds is 3. The van der Waals surface area contributed by atoms with E-state index in [2.05, 4.69) is 0 Å². The highest BCUT2D eigenvalue weighted by Crippen LogP contribution is 2.27. The third kappa shape index (κ3) is 2.69. The Morgan fingerprint density at radius 2 is 1.50 bits per heavy atom. The molecule has 3 nitrogen and oxygen atoms in total. The van der Waals surface area contributed by atoms with E-state index in [1.807, 2.05) is 0 Å². The van der Waals surface area contributed by atoms with Crippen molar-refractivity contribution in [2.45, 2.75) is 6.92 Å². The lowest BCUT2D eigenvalue weighted by molar-refractivity contribution is 0.0693. The van der Waals surface area contributed by atoms with Gasteiger partial charge in [0, 0.05) is 21.2 Å². The van der Waals surface area contributed by atoms with Crippen LogP contribution in [0.15, 0.2) is 36.4 Å². The van der Waals surface area contributed by atoms with Crippen molar-refractivity contribution < 1.29 is 14.7 Å². The van der Waals surface area contributed by atoms with Crippen LogP contribution in [0, 0.1) is 6.92 Å². The molecule has 0 fully saturated rings. The third-order valence-corrected chi connectivity index (χ3v) is 3.73. The minimum atomic E-state index is -1.15. The molecule has 0 aliphatic rings. The number of halogens is 2. The predicted octanol–water partition coefficient (Wildman–Crippen LogP) is 4.23. The smallest absolute Gasteiger partial charge is 0.336 e. The van der Waals surface area contributed by atoms with Gasteiger partial charge in [-0.05, 0) is 30.7 Å². The summed E-state index contributed by atoms with van der Waals surface area (Å²) in [6.45, 7) is 1.74. The molecule has 0 unspecified atom stereocenters. The zero-order valence-corrected chi connectivity index (χ0v) is 12.0. The van der Waals surface area contributed by atoms with Gasteiger partial charge in [-0.15, -0.1) is 0 Å². The first kappa shape index (κ1) is 14.6. The average molecular weight is 309 g/mol. The van der Waals surface area contributed by atoms with Crippen molar-refractivity contribution in [2.75, 3.05) is 0 Å². The zero-order chi connectivity index (χ0) is 14.9. The van der Waals surface area contributed by atoms with Gasteiger partial charge < -0.3 is 5.11 Å². The molecule has 0 aliphatic heterocycles. The fraction of sp³-hybridized carbons (Fsp3) is 0.0667. The lowest BCUT2D eigenvalue weighted by Gasteiger charge is -2.08. The molecule has 0 atom stereocenters. The molecule has 2 aromatic rings. The molecule has 0 spiro atoms. The number of carboxylic acid groups (broad SMARTS) is 1. The van der Waals surface area contributed by atoms with E-state index in [-0.39, 0.29) is 16.7 Å². The van der Waals surface area contributed by atoms with E-state index < -0.39 is 11.8 Å². The zero-order valence-electron chi connectivity index (χ0n) is 10.5. The van der Waals surface area contributed by atoms with E-state index in [9.17, 15) is 9.59 Å². The van der Waals surface area contributed by atoms with Crippen molar-refractivity contribution in [1.29, 1.82) is 0 Å². The highest BCUT2D eigenvalue weighted by molar-refractivity contribution is 6.36. The van der Waals surface area contributed by atoms with Crippen LogP contribution in [0.3, 0.4) is 0 Å². The summed E-state index contributed by atoms with van der Waals surface area (Å²) in [4.78, 5) is 23.5. The third-order valence-electron chi connectivity index (χ3n) is 2.95. The molecule has 0 heterocycles. The molecule has 0 saturated heterocycles. The van der Waals surface area contributed by atoms with Gasteiger partial charge in [-0.2, -0.15) is 0 Å². The lowest BCUT2D eigenvalue weighted by atomic mass is 9.98. The van der Waals surface area contributed by atoms with Crippen LogP contribution in [0.1, 0.15) is 31.8 Å². The second-order valence-electron chi connectivity index (χ2n) is 4.24. The van der Waals surface area contributed by atoms with Gasteiger partial charge in [-0.1, -0.05) is 41.4 Å². The molecule has 0 bridgehead atoms. The van der Waals surface area contributed by atoms with Gasteiger partial charge in [0.05, 0.1) is 5.56 Å². The number of carbonyl (C=O) groups excluding carboxylic acids is 1. The van der Waals surface area contributed by atoms with Crippen LogP contribution in [0.4, 0.5) is 0 Å². The van der Waals surface area contributed by atoms with Gasteiger partial charge in [0.2, 0.25) is 0 Å². The van der Waals surface area contributed by atoms with Crippen molar-refractivity contribution in [3.8, 4) is 0 Å². The molecule has 0 aliphatic carbocycles. The second kappa shape index (κ2) is 5.65. The van der Waals surface area contributed by atoms with Crippen molar-refractivity contribution in [3.05, 3.63) is 68.7 Å². The number of hydrogen-bond acceptors (Lipinski definition) is 2. The molecule has 0 aromatic heterocycles. The van der Waals surface area contributed by atoms with Gasteiger partial charge in [0.25, 0.3) is 0 Å². The van der Waals surface area contributed by atoms with Crippen LogP contribution < -0.4 is 0 Å². The largest absolute Gasteiger partial charge is 0.478 e. The highest BCUT2D eigenvalue weighted by atomic mass is 35.5. The molecular formula is C15H10Cl2O3. The van der Waals surface area contributed by atoms with Crippen molar-refractivity contribution in [2.24, 2.45) is 0 Å². The van der Waals surface area contributed by atoms with Crippen LogP contribution in [0.25, 0.3) is 0 Å². The summed E-state index contributed by atoms with van der Waals surface area (Å²) in [5.41, 5.74) is 0.997. The number of carbonyl (C=O) groups is 2. The van der Waals surface area contributed by atoms with Gasteiger partial charge in [-0.3, -0.25) is 4.79 Å². The Morgan fingerprint density at radius 3 is 2.00 bits per heavy atom. The number of benzene rings is 2. The van der Waals surface area contributed by atoms with Crippen LogP contribution in [0.2, 0.25) is 10.0 Å². The van der Waals surface area contributed by atoms with Crippen LogP contribution in [-0.4, -0.2) is 16.9 Å². The summed E-state index contributed by atoms with van der Waals surface area (Å²) < 4.78 is 0. The van der Waals surface area contributed by atoms with Crippen LogP contribution in [-0.2, 0) is 0 Å². The van der Waals surface area contributed by atoms with Gasteiger partial charge >= 0.3 is 5.97 Å². The Balaban J connectivity index is 2.55.